The molecule has 1 atom stereocenters. The van der Waals surface area contributed by atoms with Gasteiger partial charge in [-0.15, -0.1) is 5.10 Å². The van der Waals surface area contributed by atoms with Crippen LogP contribution in [0.2, 0.25) is 0 Å². The van der Waals surface area contributed by atoms with Crippen LogP contribution >= 0.6 is 0 Å². The lowest BCUT2D eigenvalue weighted by Crippen LogP contribution is -2.49. The second-order valence-corrected chi connectivity index (χ2v) is 6.80. The molecule has 0 saturated carbocycles. The molecule has 0 unspecified atom stereocenters. The van der Waals surface area contributed by atoms with Gasteiger partial charge in [-0.05, 0) is 29.8 Å². The van der Waals surface area contributed by atoms with Crippen molar-refractivity contribution in [3.05, 3.63) is 71.3 Å². The number of aromatic nitrogens is 3. The van der Waals surface area contributed by atoms with E-state index in [-0.39, 0.29) is 18.3 Å². The van der Waals surface area contributed by atoms with E-state index >= 15 is 0 Å². The number of rotatable bonds is 4. The van der Waals surface area contributed by atoms with Crippen molar-refractivity contribution in [3.63, 3.8) is 0 Å². The summed E-state index contributed by atoms with van der Waals surface area (Å²) >= 11 is 0. The quantitative estimate of drug-likeness (QED) is 0.680. The van der Waals surface area contributed by atoms with Crippen LogP contribution in [0.5, 0.6) is 5.75 Å². The second kappa shape index (κ2) is 8.05. The zero-order valence-corrected chi connectivity index (χ0v) is 16.1. The Hall–Kier alpha value is -4.19. The molecular weight excluding hydrogens is 384 g/mol. The van der Waals surface area contributed by atoms with Gasteiger partial charge in [-0.2, -0.15) is 5.26 Å². The minimum absolute atomic E-state index is 0.00413. The number of fused-ring (bicyclic) bond motifs is 1. The Morgan fingerprint density at radius 1 is 1.33 bits per heavy atom. The van der Waals surface area contributed by atoms with E-state index in [1.54, 1.807) is 37.4 Å². The van der Waals surface area contributed by atoms with Crippen LogP contribution in [-0.2, 0) is 11.2 Å². The summed E-state index contributed by atoms with van der Waals surface area (Å²) in [6.07, 6.45) is 0.388. The van der Waals surface area contributed by atoms with Gasteiger partial charge in [0.05, 0.1) is 17.3 Å². The molecule has 1 aromatic heterocycles. The number of nitrogens with one attached hydrogen (secondary N) is 2. The number of para-hydroxylation sites is 2. The molecule has 0 bridgehead atoms. The van der Waals surface area contributed by atoms with Crippen molar-refractivity contribution in [2.24, 2.45) is 0 Å². The lowest BCUT2D eigenvalue weighted by molar-refractivity contribution is -0.120. The number of hydrogen-bond acceptors (Lipinski definition) is 6. The van der Waals surface area contributed by atoms with Crippen LogP contribution < -0.4 is 15.0 Å². The molecule has 0 saturated heterocycles. The fraction of sp³-hybridized carbons (Fsp3) is 0.190. The van der Waals surface area contributed by atoms with Gasteiger partial charge in [0, 0.05) is 13.5 Å². The minimum Gasteiger partial charge on any atom is -0.489 e. The van der Waals surface area contributed by atoms with Crippen LogP contribution in [0.1, 0.15) is 27.6 Å². The first kappa shape index (κ1) is 19.1. The van der Waals surface area contributed by atoms with Crippen molar-refractivity contribution in [2.75, 3.05) is 18.6 Å². The molecule has 2 amide bonds. The van der Waals surface area contributed by atoms with Crippen molar-refractivity contribution in [2.45, 2.75) is 12.5 Å². The number of likely N-dealkylation sites (N-methyl/N-ethyl adjacent to an activating group) is 1. The van der Waals surface area contributed by atoms with Gasteiger partial charge in [-0.1, -0.05) is 24.3 Å². The van der Waals surface area contributed by atoms with Gasteiger partial charge in [0.1, 0.15) is 24.2 Å². The molecule has 1 aliphatic rings. The summed E-state index contributed by atoms with van der Waals surface area (Å²) in [7, 11) is 1.63. The van der Waals surface area contributed by atoms with E-state index in [9.17, 15) is 9.59 Å². The number of H-pyrrole nitrogens is 1. The van der Waals surface area contributed by atoms with E-state index in [0.717, 1.165) is 5.56 Å². The molecule has 9 heteroatoms. The first-order valence-corrected chi connectivity index (χ1v) is 9.25. The van der Waals surface area contributed by atoms with Crippen molar-refractivity contribution < 1.29 is 14.3 Å². The van der Waals surface area contributed by atoms with Gasteiger partial charge < -0.3 is 15.0 Å². The fourth-order valence-corrected chi connectivity index (χ4v) is 3.20. The fourth-order valence-electron chi connectivity index (χ4n) is 3.20. The molecule has 0 aliphatic carbocycles. The Bertz CT molecular complexity index is 1150. The summed E-state index contributed by atoms with van der Waals surface area (Å²) in [6.45, 7) is 0.00413. The molecule has 0 fully saturated rings. The first-order valence-electron chi connectivity index (χ1n) is 9.25. The van der Waals surface area contributed by atoms with Crippen LogP contribution in [0.4, 0.5) is 5.69 Å². The van der Waals surface area contributed by atoms with Crippen molar-refractivity contribution in [1.82, 2.24) is 20.5 Å². The summed E-state index contributed by atoms with van der Waals surface area (Å²) < 4.78 is 5.69. The van der Waals surface area contributed by atoms with Gasteiger partial charge in [0.15, 0.2) is 0 Å². The third-order valence-corrected chi connectivity index (χ3v) is 4.73. The maximum absolute atomic E-state index is 12.7. The van der Waals surface area contributed by atoms with Crippen LogP contribution in [0, 0.1) is 11.3 Å². The largest absolute Gasteiger partial charge is 0.489 e. The highest BCUT2D eigenvalue weighted by Crippen LogP contribution is 2.29. The Labute approximate surface area is 172 Å². The van der Waals surface area contributed by atoms with Gasteiger partial charge in [-0.3, -0.25) is 14.7 Å². The SMILES string of the molecule is CN1C(=O)[C@@H](NC(=O)c2n[nH]c(Cc3cccc(C#N)c3)n2)COc2ccccc21. The number of anilines is 1. The number of aromatic amines is 1. The summed E-state index contributed by atoms with van der Waals surface area (Å²) in [5.41, 5.74) is 2.05. The number of carbonyl (C=O) groups excluding carboxylic acids is 2. The number of hydrogen-bond donors (Lipinski definition) is 2. The molecule has 2 heterocycles. The average Bonchev–Trinajstić information content (AvgIpc) is 3.20. The monoisotopic (exact) mass is 402 g/mol. The molecule has 150 valence electrons. The molecule has 3 aromatic rings. The van der Waals surface area contributed by atoms with E-state index in [2.05, 4.69) is 26.6 Å². The van der Waals surface area contributed by atoms with E-state index in [0.29, 0.717) is 29.2 Å². The van der Waals surface area contributed by atoms with E-state index in [1.165, 1.54) is 4.90 Å². The Morgan fingerprint density at radius 3 is 3.00 bits per heavy atom. The summed E-state index contributed by atoms with van der Waals surface area (Å²) in [4.78, 5) is 31.0. The lowest BCUT2D eigenvalue weighted by Gasteiger charge is -2.19. The molecule has 9 nitrogen and oxygen atoms in total. The van der Waals surface area contributed by atoms with E-state index < -0.39 is 11.9 Å². The maximum atomic E-state index is 12.7. The van der Waals surface area contributed by atoms with Crippen LogP contribution in [0.25, 0.3) is 0 Å². The first-order chi connectivity index (χ1) is 14.5. The number of nitrogens with zero attached hydrogens (tertiary/aromatic N) is 4. The molecular formula is C21H18N6O3. The molecule has 4 rings (SSSR count). The standard InChI is InChI=1S/C21H18N6O3/c1-27-16-7-2-3-8-17(16)30-12-15(21(27)29)23-20(28)19-24-18(25-26-19)10-13-5-4-6-14(9-13)11-22/h2-9,15H,10,12H2,1H3,(H,23,28)(H,24,25,26)/t15-/m0/s1. The Balaban J connectivity index is 1.44. The molecule has 1 aliphatic heterocycles. The number of amides is 2. The van der Waals surface area contributed by atoms with E-state index in [1.807, 2.05) is 18.2 Å². The third-order valence-electron chi connectivity index (χ3n) is 4.73. The smallest absolute Gasteiger partial charge is 0.291 e. The highest BCUT2D eigenvalue weighted by atomic mass is 16.5. The van der Waals surface area contributed by atoms with Crippen LogP contribution in [0.15, 0.2) is 48.5 Å². The van der Waals surface area contributed by atoms with Crippen molar-refractivity contribution >= 4 is 17.5 Å². The normalized spacial score (nSPS) is 15.5. The minimum atomic E-state index is -0.871. The van der Waals surface area contributed by atoms with Crippen molar-refractivity contribution in [1.29, 1.82) is 5.26 Å². The highest BCUT2D eigenvalue weighted by molar-refractivity contribution is 6.02. The zero-order chi connectivity index (χ0) is 21.1. The second-order valence-electron chi connectivity index (χ2n) is 6.80. The molecule has 0 radical (unpaired) electrons. The van der Waals surface area contributed by atoms with E-state index in [4.69, 9.17) is 10.00 Å². The number of carbonyl (C=O) groups is 2. The van der Waals surface area contributed by atoms with Crippen LogP contribution in [-0.4, -0.2) is 46.7 Å². The Kier molecular flexibility index (Phi) is 5.13. The summed E-state index contributed by atoms with van der Waals surface area (Å²) in [6, 6.07) is 15.5. The molecule has 2 N–H and O–H groups in total. The van der Waals surface area contributed by atoms with Crippen molar-refractivity contribution in [3.8, 4) is 11.8 Å². The number of benzene rings is 2. The molecule has 2 aromatic carbocycles. The molecule has 0 spiro atoms. The third kappa shape index (κ3) is 3.84. The van der Waals surface area contributed by atoms with Gasteiger partial charge in [0.2, 0.25) is 5.82 Å². The topological polar surface area (TPSA) is 124 Å². The van der Waals surface area contributed by atoms with Gasteiger partial charge >= 0.3 is 0 Å². The molecule has 30 heavy (non-hydrogen) atoms. The van der Waals surface area contributed by atoms with Gasteiger partial charge in [-0.25, -0.2) is 4.98 Å². The Morgan fingerprint density at radius 2 is 2.17 bits per heavy atom. The maximum Gasteiger partial charge on any atom is 0.291 e. The summed E-state index contributed by atoms with van der Waals surface area (Å²) in [5.74, 6) is 0.105. The average molecular weight is 402 g/mol. The summed E-state index contributed by atoms with van der Waals surface area (Å²) in [5, 5.41) is 18.3. The number of ether oxygens (including phenoxy) is 1. The number of nitriles is 1. The van der Waals surface area contributed by atoms with Crippen LogP contribution in [0.3, 0.4) is 0 Å². The lowest BCUT2D eigenvalue weighted by atomic mass is 10.1. The van der Waals surface area contributed by atoms with Gasteiger partial charge in [0.25, 0.3) is 11.8 Å². The predicted molar refractivity (Wildman–Crippen MR) is 107 cm³/mol. The zero-order valence-electron chi connectivity index (χ0n) is 16.1. The highest BCUT2D eigenvalue weighted by Gasteiger charge is 2.31. The predicted octanol–water partition coefficient (Wildman–Crippen LogP) is 1.42.